The van der Waals surface area contributed by atoms with Crippen molar-refractivity contribution in [2.75, 3.05) is 0 Å². The van der Waals surface area contributed by atoms with E-state index in [4.69, 9.17) is 0 Å². The monoisotopic (exact) mass is 142 g/mol. The van der Waals surface area contributed by atoms with Crippen LogP contribution in [0.15, 0.2) is 11.1 Å². The molecule has 0 radical (unpaired) electrons. The van der Waals surface area contributed by atoms with Crippen molar-refractivity contribution < 1.29 is 0 Å². The number of rotatable bonds is 1. The lowest BCUT2D eigenvalue weighted by molar-refractivity contribution is 0.653. The van der Waals surface area contributed by atoms with Gasteiger partial charge in [0.15, 0.2) is 0 Å². The second-order valence-electron chi connectivity index (χ2n) is 1.96. The summed E-state index contributed by atoms with van der Waals surface area (Å²) in [6.07, 6.45) is 1.93. The third-order valence-electron chi connectivity index (χ3n) is 1.24. The molecule has 0 aromatic carbocycles. The third kappa shape index (κ3) is 1.27. The van der Waals surface area contributed by atoms with Gasteiger partial charge in [0.1, 0.15) is 0 Å². The van der Waals surface area contributed by atoms with Gasteiger partial charge in [-0.15, -0.1) is 12.6 Å². The predicted octanol–water partition coefficient (Wildman–Crippen LogP) is 1.50. The average Bonchev–Trinajstić information content (AvgIpc) is 2.13. The quantitative estimate of drug-likeness (QED) is 0.588. The Balaban J connectivity index is 2.98. The summed E-state index contributed by atoms with van der Waals surface area (Å²) in [5, 5.41) is 4.17. The van der Waals surface area contributed by atoms with Crippen molar-refractivity contribution in [2.45, 2.75) is 25.3 Å². The molecule has 1 rings (SSSR count). The highest BCUT2D eigenvalue weighted by Gasteiger charge is 1.96. The topological polar surface area (TPSA) is 17.8 Å². The van der Waals surface area contributed by atoms with Crippen LogP contribution in [-0.2, 0) is 6.54 Å². The molecule has 1 heterocycles. The fraction of sp³-hybridized carbons (Fsp3) is 0.500. The molecule has 0 aliphatic heterocycles. The van der Waals surface area contributed by atoms with Gasteiger partial charge in [-0.25, -0.2) is 0 Å². The summed E-state index contributed by atoms with van der Waals surface area (Å²) < 4.78 is 1.87. The van der Waals surface area contributed by atoms with Crippen LogP contribution in [0.25, 0.3) is 0 Å². The molecule has 0 bridgehead atoms. The number of aryl methyl sites for hydroxylation is 2. The Bertz CT molecular complexity index is 185. The Labute approximate surface area is 60.3 Å². The summed E-state index contributed by atoms with van der Waals surface area (Å²) in [7, 11) is 0. The minimum absolute atomic E-state index is 0.918. The van der Waals surface area contributed by atoms with E-state index < -0.39 is 0 Å². The van der Waals surface area contributed by atoms with Gasteiger partial charge < -0.3 is 0 Å². The zero-order valence-electron chi connectivity index (χ0n) is 5.63. The van der Waals surface area contributed by atoms with Crippen LogP contribution in [0.2, 0.25) is 0 Å². The molecule has 2 nitrogen and oxygen atoms in total. The largest absolute Gasteiger partial charge is 0.272 e. The predicted molar refractivity (Wildman–Crippen MR) is 39.9 cm³/mol. The van der Waals surface area contributed by atoms with E-state index in [9.17, 15) is 0 Å². The Morgan fingerprint density at radius 2 is 2.44 bits per heavy atom. The first-order valence-corrected chi connectivity index (χ1v) is 3.41. The Morgan fingerprint density at radius 3 is 2.67 bits per heavy atom. The maximum atomic E-state index is 4.19. The van der Waals surface area contributed by atoms with Gasteiger partial charge in [0, 0.05) is 17.6 Å². The Morgan fingerprint density at radius 1 is 1.78 bits per heavy atom. The van der Waals surface area contributed by atoms with E-state index in [0.717, 1.165) is 17.1 Å². The fourth-order valence-corrected chi connectivity index (χ4v) is 0.847. The molecule has 0 amide bonds. The minimum Gasteiger partial charge on any atom is -0.272 e. The van der Waals surface area contributed by atoms with E-state index in [2.05, 4.69) is 24.7 Å². The van der Waals surface area contributed by atoms with Crippen LogP contribution in [0.1, 0.15) is 12.6 Å². The van der Waals surface area contributed by atoms with Gasteiger partial charge in [-0.3, -0.25) is 4.68 Å². The van der Waals surface area contributed by atoms with E-state index in [0.29, 0.717) is 0 Å². The van der Waals surface area contributed by atoms with E-state index in [1.165, 1.54) is 0 Å². The molecule has 9 heavy (non-hydrogen) atoms. The van der Waals surface area contributed by atoms with Crippen molar-refractivity contribution in [3.63, 3.8) is 0 Å². The summed E-state index contributed by atoms with van der Waals surface area (Å²) in [6.45, 7) is 4.93. The van der Waals surface area contributed by atoms with Gasteiger partial charge in [-0.05, 0) is 13.8 Å². The van der Waals surface area contributed by atoms with Crippen LogP contribution in [0, 0.1) is 6.92 Å². The third-order valence-corrected chi connectivity index (χ3v) is 1.68. The van der Waals surface area contributed by atoms with Gasteiger partial charge in [0.25, 0.3) is 0 Å². The molecular weight excluding hydrogens is 132 g/mol. The summed E-state index contributed by atoms with van der Waals surface area (Å²) in [5.74, 6) is 0. The lowest BCUT2D eigenvalue weighted by Gasteiger charge is -1.88. The van der Waals surface area contributed by atoms with Gasteiger partial charge in [-0.1, -0.05) is 0 Å². The van der Waals surface area contributed by atoms with E-state index in [-0.39, 0.29) is 0 Å². The highest BCUT2D eigenvalue weighted by molar-refractivity contribution is 7.80. The van der Waals surface area contributed by atoms with Crippen molar-refractivity contribution in [3.8, 4) is 0 Å². The molecule has 1 aromatic rings. The molecule has 0 aliphatic rings. The lowest BCUT2D eigenvalue weighted by atomic mass is 10.5. The van der Waals surface area contributed by atoms with Crippen molar-refractivity contribution in [3.05, 3.63) is 11.9 Å². The van der Waals surface area contributed by atoms with E-state index >= 15 is 0 Å². The minimum atomic E-state index is 0.918. The van der Waals surface area contributed by atoms with Crippen LogP contribution in [0.4, 0.5) is 0 Å². The Hall–Kier alpha value is -0.440. The number of hydrogen-bond acceptors (Lipinski definition) is 2. The van der Waals surface area contributed by atoms with Gasteiger partial charge >= 0.3 is 0 Å². The number of thiol groups is 1. The molecule has 1 aromatic heterocycles. The second-order valence-corrected chi connectivity index (χ2v) is 2.44. The molecular formula is C6H10N2S. The van der Waals surface area contributed by atoms with Crippen LogP contribution < -0.4 is 0 Å². The molecule has 0 saturated heterocycles. The molecule has 50 valence electrons. The first kappa shape index (κ1) is 6.68. The van der Waals surface area contributed by atoms with Crippen molar-refractivity contribution in [1.29, 1.82) is 0 Å². The highest BCUT2D eigenvalue weighted by Crippen LogP contribution is 2.08. The van der Waals surface area contributed by atoms with Crippen molar-refractivity contribution >= 4 is 12.6 Å². The smallest absolute Gasteiger partial charge is 0.0726 e. The number of nitrogens with zero attached hydrogens (tertiary/aromatic N) is 2. The molecule has 0 saturated carbocycles. The van der Waals surface area contributed by atoms with Gasteiger partial charge in [0.2, 0.25) is 0 Å². The zero-order valence-corrected chi connectivity index (χ0v) is 6.52. The summed E-state index contributed by atoms with van der Waals surface area (Å²) in [5.41, 5.74) is 1.00. The first-order chi connectivity index (χ1) is 4.24. The normalized spacial score (nSPS) is 10.1. The Kier molecular flexibility index (Phi) is 1.81. The highest BCUT2D eigenvalue weighted by atomic mass is 32.1. The molecule has 0 spiro atoms. The molecule has 0 N–H and O–H groups in total. The maximum Gasteiger partial charge on any atom is 0.0726 e. The average molecular weight is 142 g/mol. The van der Waals surface area contributed by atoms with Crippen LogP contribution in [0.3, 0.4) is 0 Å². The molecule has 0 atom stereocenters. The number of aromatic nitrogens is 2. The second kappa shape index (κ2) is 2.43. The van der Waals surface area contributed by atoms with Crippen molar-refractivity contribution in [2.24, 2.45) is 0 Å². The van der Waals surface area contributed by atoms with Gasteiger partial charge in [-0.2, -0.15) is 5.10 Å². The van der Waals surface area contributed by atoms with E-state index in [1.807, 2.05) is 17.8 Å². The maximum absolute atomic E-state index is 4.19. The molecule has 0 aliphatic carbocycles. The van der Waals surface area contributed by atoms with Crippen LogP contribution in [0.5, 0.6) is 0 Å². The summed E-state index contributed by atoms with van der Waals surface area (Å²) >= 11 is 4.19. The van der Waals surface area contributed by atoms with Crippen LogP contribution in [-0.4, -0.2) is 9.78 Å². The standard InChI is InChI=1S/C6H10N2S/c1-3-8-4-6(9)5(2)7-8/h4,9H,3H2,1-2H3. The van der Waals surface area contributed by atoms with E-state index in [1.54, 1.807) is 0 Å². The number of hydrogen-bond donors (Lipinski definition) is 1. The molecule has 0 unspecified atom stereocenters. The van der Waals surface area contributed by atoms with Gasteiger partial charge in [0.05, 0.1) is 5.69 Å². The van der Waals surface area contributed by atoms with Crippen molar-refractivity contribution in [1.82, 2.24) is 9.78 Å². The first-order valence-electron chi connectivity index (χ1n) is 2.97. The van der Waals surface area contributed by atoms with Crippen LogP contribution >= 0.6 is 12.6 Å². The summed E-state index contributed by atoms with van der Waals surface area (Å²) in [4.78, 5) is 0.969. The zero-order chi connectivity index (χ0) is 6.85. The SMILES string of the molecule is CCn1cc(S)c(C)n1. The molecule has 3 heteroatoms. The lowest BCUT2D eigenvalue weighted by Crippen LogP contribution is -1.93. The fourth-order valence-electron chi connectivity index (χ4n) is 0.669. The molecule has 0 fully saturated rings. The summed E-state index contributed by atoms with van der Waals surface area (Å²) in [6, 6.07) is 0.